The van der Waals surface area contributed by atoms with Crippen LogP contribution < -0.4 is 0 Å². The Bertz CT molecular complexity index is 252. The molecular formula is C10H16BrNO2. The van der Waals surface area contributed by atoms with Crippen LogP contribution in [0.4, 0.5) is 0 Å². The van der Waals surface area contributed by atoms with Crippen molar-refractivity contribution in [2.24, 2.45) is 0 Å². The van der Waals surface area contributed by atoms with E-state index in [1.165, 1.54) is 0 Å². The van der Waals surface area contributed by atoms with Gasteiger partial charge in [-0.15, -0.1) is 0 Å². The fraction of sp³-hybridized carbons (Fsp3) is 0.800. The lowest BCUT2D eigenvalue weighted by atomic mass is 10.1. The zero-order chi connectivity index (χ0) is 11.4. The topological polar surface area (TPSA) is 50.1 Å². The molecule has 80 valence electrons. The van der Waals surface area contributed by atoms with Crippen molar-refractivity contribution in [2.45, 2.75) is 50.5 Å². The highest BCUT2D eigenvalue weighted by molar-refractivity contribution is 9.10. The third-order valence-electron chi connectivity index (χ3n) is 1.49. The number of carbonyl (C=O) groups excluding carboxylic acids is 1. The third kappa shape index (κ3) is 4.10. The van der Waals surface area contributed by atoms with Crippen molar-refractivity contribution < 1.29 is 9.53 Å². The molecule has 0 aromatic heterocycles. The summed E-state index contributed by atoms with van der Waals surface area (Å²) >= 11 is 3.13. The highest BCUT2D eigenvalue weighted by Crippen LogP contribution is 2.27. The summed E-state index contributed by atoms with van der Waals surface area (Å²) in [7, 11) is 0. The Balaban J connectivity index is 4.57. The third-order valence-corrected chi connectivity index (χ3v) is 2.39. The first-order valence-electron chi connectivity index (χ1n) is 4.59. The SMILES string of the molecule is CCC[C@@](Br)(C#N)C(=O)OC(C)(C)C. The number of hydrogen-bond acceptors (Lipinski definition) is 3. The summed E-state index contributed by atoms with van der Waals surface area (Å²) < 4.78 is 3.95. The molecule has 0 aromatic carbocycles. The smallest absolute Gasteiger partial charge is 0.338 e. The van der Waals surface area contributed by atoms with Gasteiger partial charge in [0.15, 0.2) is 0 Å². The van der Waals surface area contributed by atoms with E-state index in [0.717, 1.165) is 6.42 Å². The summed E-state index contributed by atoms with van der Waals surface area (Å²) in [4.78, 5) is 11.6. The van der Waals surface area contributed by atoms with Crippen LogP contribution in [-0.4, -0.2) is 15.9 Å². The molecule has 0 fully saturated rings. The largest absolute Gasteiger partial charge is 0.458 e. The van der Waals surface area contributed by atoms with E-state index in [-0.39, 0.29) is 0 Å². The van der Waals surface area contributed by atoms with E-state index in [1.54, 1.807) is 20.8 Å². The van der Waals surface area contributed by atoms with E-state index >= 15 is 0 Å². The molecule has 3 nitrogen and oxygen atoms in total. The van der Waals surface area contributed by atoms with Crippen LogP contribution in [0.5, 0.6) is 0 Å². The zero-order valence-corrected chi connectivity index (χ0v) is 10.6. The molecule has 1 atom stereocenters. The Morgan fingerprint density at radius 3 is 2.29 bits per heavy atom. The van der Waals surface area contributed by atoms with E-state index < -0.39 is 15.9 Å². The number of hydrogen-bond donors (Lipinski definition) is 0. The van der Waals surface area contributed by atoms with Gasteiger partial charge in [0, 0.05) is 0 Å². The lowest BCUT2D eigenvalue weighted by molar-refractivity contribution is -0.156. The van der Waals surface area contributed by atoms with Crippen molar-refractivity contribution in [2.75, 3.05) is 0 Å². The Labute approximate surface area is 93.6 Å². The van der Waals surface area contributed by atoms with Gasteiger partial charge in [0.05, 0.1) is 6.07 Å². The Hall–Kier alpha value is -0.560. The molecule has 0 rings (SSSR count). The molecule has 0 amide bonds. The normalized spacial score (nSPS) is 15.4. The fourth-order valence-electron chi connectivity index (χ4n) is 0.907. The molecule has 0 radical (unpaired) electrons. The first-order valence-corrected chi connectivity index (χ1v) is 5.38. The molecular weight excluding hydrogens is 246 g/mol. The van der Waals surface area contributed by atoms with Gasteiger partial charge in [0.1, 0.15) is 5.60 Å². The minimum absolute atomic E-state index is 0.457. The number of rotatable bonds is 3. The number of nitriles is 1. The van der Waals surface area contributed by atoms with Gasteiger partial charge in [-0.3, -0.25) is 0 Å². The number of halogens is 1. The molecule has 0 aliphatic carbocycles. The summed E-state index contributed by atoms with van der Waals surface area (Å²) in [5, 5.41) is 8.89. The van der Waals surface area contributed by atoms with Crippen LogP contribution in [0.15, 0.2) is 0 Å². The number of alkyl halides is 1. The van der Waals surface area contributed by atoms with Gasteiger partial charge in [-0.2, -0.15) is 5.26 Å². The van der Waals surface area contributed by atoms with Crippen molar-refractivity contribution in [1.29, 1.82) is 5.26 Å². The molecule has 0 aliphatic heterocycles. The van der Waals surface area contributed by atoms with Crippen molar-refractivity contribution in [3.63, 3.8) is 0 Å². The molecule has 0 spiro atoms. The summed E-state index contributed by atoms with van der Waals surface area (Å²) in [6.07, 6.45) is 1.20. The second-order valence-electron chi connectivity index (χ2n) is 4.16. The number of carbonyl (C=O) groups is 1. The van der Waals surface area contributed by atoms with Crippen LogP contribution in [0.3, 0.4) is 0 Å². The van der Waals surface area contributed by atoms with Gasteiger partial charge in [0.2, 0.25) is 4.32 Å². The van der Waals surface area contributed by atoms with Gasteiger partial charge < -0.3 is 4.74 Å². The predicted molar refractivity (Wildman–Crippen MR) is 58.0 cm³/mol. The van der Waals surface area contributed by atoms with Gasteiger partial charge in [-0.25, -0.2) is 4.79 Å². The summed E-state index contributed by atoms with van der Waals surface area (Å²) in [5.74, 6) is -0.505. The standard InChI is InChI=1S/C10H16BrNO2/c1-5-6-10(11,7-12)8(13)14-9(2,3)4/h5-6H2,1-4H3/t10-/m1/s1. The van der Waals surface area contributed by atoms with E-state index in [0.29, 0.717) is 6.42 Å². The minimum atomic E-state index is -1.19. The van der Waals surface area contributed by atoms with Crippen molar-refractivity contribution in [3.8, 4) is 6.07 Å². The van der Waals surface area contributed by atoms with E-state index in [2.05, 4.69) is 15.9 Å². The first kappa shape index (κ1) is 13.4. The second kappa shape index (κ2) is 4.79. The average molecular weight is 262 g/mol. The predicted octanol–water partition coefficient (Wildman–Crippen LogP) is 2.79. The van der Waals surface area contributed by atoms with Crippen LogP contribution in [0.2, 0.25) is 0 Å². The molecule has 0 unspecified atom stereocenters. The van der Waals surface area contributed by atoms with Gasteiger partial charge >= 0.3 is 5.97 Å². The maximum absolute atomic E-state index is 11.6. The van der Waals surface area contributed by atoms with E-state index in [1.807, 2.05) is 13.0 Å². The lowest BCUT2D eigenvalue weighted by Crippen LogP contribution is -2.37. The maximum atomic E-state index is 11.6. The molecule has 0 aliphatic rings. The van der Waals surface area contributed by atoms with Crippen molar-refractivity contribution in [1.82, 2.24) is 0 Å². The zero-order valence-electron chi connectivity index (χ0n) is 9.06. The van der Waals surface area contributed by atoms with E-state index in [9.17, 15) is 4.79 Å². The molecule has 0 saturated heterocycles. The van der Waals surface area contributed by atoms with Crippen LogP contribution in [-0.2, 0) is 9.53 Å². The highest BCUT2D eigenvalue weighted by Gasteiger charge is 2.38. The lowest BCUT2D eigenvalue weighted by Gasteiger charge is -2.25. The van der Waals surface area contributed by atoms with Crippen LogP contribution in [0, 0.1) is 11.3 Å². The molecule has 0 aromatic rings. The molecule has 0 heterocycles. The molecule has 0 bridgehead atoms. The maximum Gasteiger partial charge on any atom is 0.338 e. The second-order valence-corrected chi connectivity index (χ2v) is 5.52. The Morgan fingerprint density at radius 2 is 2.00 bits per heavy atom. The highest BCUT2D eigenvalue weighted by atomic mass is 79.9. The first-order chi connectivity index (χ1) is 6.25. The average Bonchev–Trinajstić information content (AvgIpc) is 2.01. The van der Waals surface area contributed by atoms with Crippen LogP contribution >= 0.6 is 15.9 Å². The van der Waals surface area contributed by atoms with E-state index in [4.69, 9.17) is 10.00 Å². The van der Waals surface area contributed by atoms with Crippen LogP contribution in [0.1, 0.15) is 40.5 Å². The van der Waals surface area contributed by atoms with Gasteiger partial charge in [-0.05, 0) is 27.2 Å². The van der Waals surface area contributed by atoms with Gasteiger partial charge in [-0.1, -0.05) is 29.3 Å². The molecule has 4 heteroatoms. The summed E-state index contributed by atoms with van der Waals surface area (Å²) in [6, 6.07) is 1.94. The van der Waals surface area contributed by atoms with Gasteiger partial charge in [0.25, 0.3) is 0 Å². The monoisotopic (exact) mass is 261 g/mol. The quantitative estimate of drug-likeness (QED) is 0.580. The molecule has 0 saturated carbocycles. The Kier molecular flexibility index (Phi) is 4.60. The summed E-state index contributed by atoms with van der Waals surface area (Å²) in [5.41, 5.74) is -0.555. The van der Waals surface area contributed by atoms with Crippen LogP contribution in [0.25, 0.3) is 0 Å². The Morgan fingerprint density at radius 1 is 1.50 bits per heavy atom. The fourth-order valence-corrected chi connectivity index (χ4v) is 1.38. The van der Waals surface area contributed by atoms with Crippen molar-refractivity contribution >= 4 is 21.9 Å². The summed E-state index contributed by atoms with van der Waals surface area (Å²) in [6.45, 7) is 7.25. The molecule has 0 N–H and O–H groups in total. The number of nitrogens with zero attached hydrogens (tertiary/aromatic N) is 1. The number of ether oxygens (including phenoxy) is 1. The number of esters is 1. The minimum Gasteiger partial charge on any atom is -0.458 e. The molecule has 14 heavy (non-hydrogen) atoms. The van der Waals surface area contributed by atoms with Crippen molar-refractivity contribution in [3.05, 3.63) is 0 Å².